The Kier molecular flexibility index (Phi) is 6.35. The summed E-state index contributed by atoms with van der Waals surface area (Å²) in [5, 5.41) is 0. The molecule has 0 aliphatic carbocycles. The van der Waals surface area contributed by atoms with Gasteiger partial charge in [0.1, 0.15) is 5.60 Å². The van der Waals surface area contributed by atoms with Gasteiger partial charge < -0.3 is 9.47 Å². The Morgan fingerprint density at radius 2 is 1.56 bits per heavy atom. The third-order valence-corrected chi connectivity index (χ3v) is 3.00. The fraction of sp³-hybridized carbons (Fsp3) is 0.933. The number of carbonyl (C=O) groups is 1. The second kappa shape index (κ2) is 6.55. The minimum atomic E-state index is -0.482. The van der Waals surface area contributed by atoms with E-state index < -0.39 is 5.60 Å². The highest BCUT2D eigenvalue weighted by Crippen LogP contribution is 2.24. The summed E-state index contributed by atoms with van der Waals surface area (Å²) in [5.74, 6) is -0.241. The van der Waals surface area contributed by atoms with Gasteiger partial charge in [0.15, 0.2) is 0 Å². The minimum absolute atomic E-state index is 0.0647. The highest BCUT2D eigenvalue weighted by molar-refractivity contribution is 5.71. The second-order valence-corrected chi connectivity index (χ2v) is 6.58. The van der Waals surface area contributed by atoms with Gasteiger partial charge in [0.05, 0.1) is 17.6 Å². The van der Waals surface area contributed by atoms with E-state index in [1.807, 2.05) is 34.6 Å². The molecule has 0 aliphatic rings. The lowest BCUT2D eigenvalue weighted by Gasteiger charge is -2.33. The van der Waals surface area contributed by atoms with Gasteiger partial charge in [-0.3, -0.25) is 4.79 Å². The SMILES string of the molecule is CCC(C)(C)OC(C)CC(C)(C)OC(=O)C(C)C. The number of carbonyl (C=O) groups excluding carboxylic acids is 1. The standard InChI is InChI=1S/C15H30O3/c1-9-14(5,6)17-12(4)10-15(7,8)18-13(16)11(2)3/h11-12H,9-10H2,1-8H3. The van der Waals surface area contributed by atoms with Crippen molar-refractivity contribution in [3.63, 3.8) is 0 Å². The maximum Gasteiger partial charge on any atom is 0.308 e. The van der Waals surface area contributed by atoms with Crippen molar-refractivity contribution in [2.24, 2.45) is 5.92 Å². The van der Waals surface area contributed by atoms with Crippen LogP contribution in [0.2, 0.25) is 0 Å². The Labute approximate surface area is 112 Å². The molecule has 0 fully saturated rings. The first-order valence-corrected chi connectivity index (χ1v) is 6.90. The maximum absolute atomic E-state index is 11.6. The van der Waals surface area contributed by atoms with E-state index in [4.69, 9.17) is 9.47 Å². The van der Waals surface area contributed by atoms with E-state index in [1.165, 1.54) is 0 Å². The van der Waals surface area contributed by atoms with Crippen LogP contribution in [0, 0.1) is 5.92 Å². The molecule has 1 unspecified atom stereocenters. The van der Waals surface area contributed by atoms with Gasteiger partial charge in [-0.25, -0.2) is 0 Å². The number of hydrogen-bond acceptors (Lipinski definition) is 3. The van der Waals surface area contributed by atoms with Gasteiger partial charge in [-0.05, 0) is 41.0 Å². The lowest BCUT2D eigenvalue weighted by atomic mass is 9.99. The lowest BCUT2D eigenvalue weighted by molar-refractivity contribution is -0.166. The van der Waals surface area contributed by atoms with Crippen LogP contribution in [0.15, 0.2) is 0 Å². The van der Waals surface area contributed by atoms with Crippen LogP contribution in [-0.4, -0.2) is 23.3 Å². The largest absolute Gasteiger partial charge is 0.459 e. The molecule has 18 heavy (non-hydrogen) atoms. The zero-order valence-electron chi connectivity index (χ0n) is 13.3. The quantitative estimate of drug-likeness (QED) is 0.649. The zero-order valence-corrected chi connectivity index (χ0v) is 13.3. The Bertz CT molecular complexity index is 267. The van der Waals surface area contributed by atoms with E-state index in [9.17, 15) is 4.79 Å². The van der Waals surface area contributed by atoms with Crippen molar-refractivity contribution >= 4 is 5.97 Å². The van der Waals surface area contributed by atoms with Crippen molar-refractivity contribution in [3.05, 3.63) is 0 Å². The van der Waals surface area contributed by atoms with E-state index in [2.05, 4.69) is 20.8 Å². The summed E-state index contributed by atoms with van der Waals surface area (Å²) in [6, 6.07) is 0. The molecule has 0 saturated heterocycles. The number of hydrogen-bond donors (Lipinski definition) is 0. The van der Waals surface area contributed by atoms with Gasteiger partial charge in [-0.15, -0.1) is 0 Å². The fourth-order valence-corrected chi connectivity index (χ4v) is 1.79. The average Bonchev–Trinajstić information content (AvgIpc) is 2.14. The summed E-state index contributed by atoms with van der Waals surface area (Å²) >= 11 is 0. The molecule has 0 aliphatic heterocycles. The molecular formula is C15H30O3. The highest BCUT2D eigenvalue weighted by atomic mass is 16.6. The number of ether oxygens (including phenoxy) is 2. The third-order valence-electron chi connectivity index (χ3n) is 3.00. The van der Waals surface area contributed by atoms with Crippen LogP contribution in [0.1, 0.15) is 68.2 Å². The Balaban J connectivity index is 4.36. The molecule has 0 rings (SSSR count). The van der Waals surface area contributed by atoms with Gasteiger partial charge in [-0.2, -0.15) is 0 Å². The molecule has 108 valence electrons. The molecule has 3 nitrogen and oxygen atoms in total. The van der Waals surface area contributed by atoms with Crippen molar-refractivity contribution in [3.8, 4) is 0 Å². The molecule has 1 atom stereocenters. The summed E-state index contributed by atoms with van der Waals surface area (Å²) in [6.45, 7) is 15.9. The molecule has 0 amide bonds. The molecule has 0 aromatic rings. The summed E-state index contributed by atoms with van der Waals surface area (Å²) in [5.41, 5.74) is -0.609. The average molecular weight is 258 g/mol. The summed E-state index contributed by atoms with van der Waals surface area (Å²) in [7, 11) is 0. The van der Waals surface area contributed by atoms with E-state index in [1.54, 1.807) is 0 Å². The van der Waals surface area contributed by atoms with Gasteiger partial charge in [-0.1, -0.05) is 20.8 Å². The first-order valence-electron chi connectivity index (χ1n) is 6.90. The molecule has 0 aromatic carbocycles. The van der Waals surface area contributed by atoms with Gasteiger partial charge in [0.25, 0.3) is 0 Å². The van der Waals surface area contributed by atoms with Crippen LogP contribution in [0.3, 0.4) is 0 Å². The molecule has 0 heterocycles. The van der Waals surface area contributed by atoms with Crippen molar-refractivity contribution in [1.82, 2.24) is 0 Å². The van der Waals surface area contributed by atoms with E-state index in [-0.39, 0.29) is 23.6 Å². The Morgan fingerprint density at radius 1 is 1.06 bits per heavy atom. The Morgan fingerprint density at radius 3 is 1.94 bits per heavy atom. The van der Waals surface area contributed by atoms with Crippen molar-refractivity contribution in [2.75, 3.05) is 0 Å². The molecular weight excluding hydrogens is 228 g/mol. The molecule has 0 saturated carbocycles. The second-order valence-electron chi connectivity index (χ2n) is 6.58. The highest BCUT2D eigenvalue weighted by Gasteiger charge is 2.29. The molecule has 3 heteroatoms. The summed E-state index contributed by atoms with van der Waals surface area (Å²) in [4.78, 5) is 11.6. The van der Waals surface area contributed by atoms with Crippen LogP contribution in [0.25, 0.3) is 0 Å². The molecule has 0 radical (unpaired) electrons. The molecule has 0 N–H and O–H groups in total. The van der Waals surface area contributed by atoms with E-state index >= 15 is 0 Å². The van der Waals surface area contributed by atoms with Crippen LogP contribution in [0.4, 0.5) is 0 Å². The van der Waals surface area contributed by atoms with Gasteiger partial charge in [0.2, 0.25) is 0 Å². The van der Waals surface area contributed by atoms with Crippen LogP contribution in [0.5, 0.6) is 0 Å². The predicted octanol–water partition coefficient (Wildman–Crippen LogP) is 3.95. The molecule has 0 aromatic heterocycles. The topological polar surface area (TPSA) is 35.5 Å². The number of rotatable bonds is 7. The maximum atomic E-state index is 11.6. The van der Waals surface area contributed by atoms with Crippen LogP contribution in [-0.2, 0) is 14.3 Å². The Hall–Kier alpha value is -0.570. The monoisotopic (exact) mass is 258 g/mol. The van der Waals surface area contributed by atoms with E-state index in [0.29, 0.717) is 6.42 Å². The summed E-state index contributed by atoms with van der Waals surface area (Å²) in [6.07, 6.45) is 1.73. The minimum Gasteiger partial charge on any atom is -0.459 e. The van der Waals surface area contributed by atoms with Crippen molar-refractivity contribution < 1.29 is 14.3 Å². The normalized spacial score (nSPS) is 14.7. The zero-order chi connectivity index (χ0) is 14.6. The molecule has 0 spiro atoms. The first kappa shape index (κ1) is 17.4. The number of esters is 1. The third kappa shape index (κ3) is 7.00. The van der Waals surface area contributed by atoms with Crippen molar-refractivity contribution in [1.29, 1.82) is 0 Å². The van der Waals surface area contributed by atoms with Gasteiger partial charge >= 0.3 is 5.97 Å². The molecule has 0 bridgehead atoms. The van der Waals surface area contributed by atoms with Crippen LogP contribution < -0.4 is 0 Å². The smallest absolute Gasteiger partial charge is 0.308 e. The predicted molar refractivity (Wildman–Crippen MR) is 74.5 cm³/mol. The van der Waals surface area contributed by atoms with Crippen LogP contribution >= 0.6 is 0 Å². The summed E-state index contributed by atoms with van der Waals surface area (Å²) < 4.78 is 11.5. The van der Waals surface area contributed by atoms with E-state index in [0.717, 1.165) is 6.42 Å². The van der Waals surface area contributed by atoms with Gasteiger partial charge in [0, 0.05) is 6.42 Å². The lowest BCUT2D eigenvalue weighted by Crippen LogP contribution is -2.37. The first-order chi connectivity index (χ1) is 7.99. The fourth-order valence-electron chi connectivity index (χ4n) is 1.79. The van der Waals surface area contributed by atoms with Crippen molar-refractivity contribution in [2.45, 2.75) is 85.5 Å².